The second-order valence-electron chi connectivity index (χ2n) is 4.23. The zero-order valence-electron chi connectivity index (χ0n) is 10.1. The van der Waals surface area contributed by atoms with Gasteiger partial charge in [-0.05, 0) is 26.7 Å². The van der Waals surface area contributed by atoms with Crippen LogP contribution in [0.5, 0.6) is 0 Å². The van der Waals surface area contributed by atoms with Gasteiger partial charge >= 0.3 is 5.69 Å². The predicted octanol–water partition coefficient (Wildman–Crippen LogP) is 1.32. The van der Waals surface area contributed by atoms with Crippen molar-refractivity contribution in [2.45, 2.75) is 24.9 Å². The van der Waals surface area contributed by atoms with Crippen LogP contribution in [0.3, 0.4) is 0 Å². The van der Waals surface area contributed by atoms with Crippen LogP contribution in [0.25, 0.3) is 3.58 Å². The van der Waals surface area contributed by atoms with Crippen molar-refractivity contribution >= 4 is 48.8 Å². The molecule has 6 nitrogen and oxygen atoms in total. The monoisotopic (exact) mass is 508 g/mol. The number of hydrogen-bond acceptors (Lipinski definition) is 4. The highest BCUT2D eigenvalue weighted by atomic mass is 127. The number of nitrogens with zero attached hydrogens (tertiary/aromatic N) is 1. The lowest BCUT2D eigenvalue weighted by Crippen LogP contribution is -2.33. The molecule has 0 aromatic carbocycles. The fourth-order valence-electron chi connectivity index (χ4n) is 1.95. The number of halogens is 3. The summed E-state index contributed by atoms with van der Waals surface area (Å²) >= 11 is 3.95. The maximum Gasteiger partial charge on any atom is 0.330 e. The van der Waals surface area contributed by atoms with Crippen LogP contribution in [0.2, 0.25) is 0 Å². The molecule has 0 radical (unpaired) electrons. The largest absolute Gasteiger partial charge is 0.394 e. The van der Waals surface area contributed by atoms with Crippen molar-refractivity contribution in [2.24, 2.45) is 0 Å². The van der Waals surface area contributed by atoms with Crippen LogP contribution in [-0.2, 0) is 4.74 Å². The Bertz CT molecular complexity index is 642. The van der Waals surface area contributed by atoms with Gasteiger partial charge in [0, 0.05) is 16.2 Å². The molecule has 0 bridgehead atoms. The van der Waals surface area contributed by atoms with Crippen molar-refractivity contribution in [2.75, 3.05) is 6.61 Å². The average Bonchev–Trinajstić information content (AvgIpc) is 2.79. The minimum Gasteiger partial charge on any atom is -0.394 e. The third kappa shape index (κ3) is 3.14. The molecule has 0 saturated carbocycles. The molecule has 0 aliphatic carbocycles. The summed E-state index contributed by atoms with van der Waals surface area (Å²) < 4.78 is 22.4. The molecule has 3 atom stereocenters. The summed E-state index contributed by atoms with van der Waals surface area (Å²) in [6.07, 6.45) is -1.80. The van der Waals surface area contributed by atoms with E-state index < -0.39 is 36.4 Å². The quantitative estimate of drug-likeness (QED) is 0.604. The van der Waals surface area contributed by atoms with Gasteiger partial charge in [-0.25, -0.2) is 9.18 Å². The molecule has 1 aliphatic rings. The van der Waals surface area contributed by atoms with E-state index in [1.54, 1.807) is 4.08 Å². The molecule has 2 N–H and O–H groups in total. The van der Waals surface area contributed by atoms with E-state index in [4.69, 9.17) is 9.84 Å². The molecule has 1 fully saturated rings. The standard InChI is InChI=1S/C11H11FI2N2O4/c12-6-1-9(20-8(6)4-17)16-3-5(7(14)2-13)10(18)15-11(16)19/h2-3,6,8-9,17H,1,4H2,(H,15,18,19)/b7-2-. The smallest absolute Gasteiger partial charge is 0.330 e. The first-order chi connectivity index (χ1) is 9.47. The van der Waals surface area contributed by atoms with Crippen molar-refractivity contribution in [1.82, 2.24) is 9.55 Å². The lowest BCUT2D eigenvalue weighted by atomic mass is 10.2. The SMILES string of the molecule is O=c1[nH]c(=O)n(C2CC(F)C(CO)O2)cc1/C(I)=C/I. The minimum atomic E-state index is -1.34. The van der Waals surface area contributed by atoms with Crippen molar-refractivity contribution < 1.29 is 14.2 Å². The maximum atomic E-state index is 13.6. The number of aliphatic hydroxyl groups excluding tert-OH is 1. The van der Waals surface area contributed by atoms with E-state index in [0.29, 0.717) is 9.14 Å². The summed E-state index contributed by atoms with van der Waals surface area (Å²) in [5.41, 5.74) is -0.852. The van der Waals surface area contributed by atoms with Gasteiger partial charge in [0.2, 0.25) is 0 Å². The van der Waals surface area contributed by atoms with Crippen LogP contribution in [0, 0.1) is 0 Å². The van der Waals surface area contributed by atoms with Crippen LogP contribution in [-0.4, -0.2) is 33.5 Å². The highest BCUT2D eigenvalue weighted by Gasteiger charge is 2.36. The van der Waals surface area contributed by atoms with E-state index in [2.05, 4.69) is 4.98 Å². The fraction of sp³-hybridized carbons (Fsp3) is 0.455. The van der Waals surface area contributed by atoms with Crippen molar-refractivity contribution in [1.29, 1.82) is 0 Å². The van der Waals surface area contributed by atoms with Gasteiger partial charge in [0.25, 0.3) is 5.56 Å². The molecular formula is C11H11FI2N2O4. The van der Waals surface area contributed by atoms with E-state index in [1.807, 2.05) is 45.2 Å². The molecule has 2 heterocycles. The third-order valence-electron chi connectivity index (χ3n) is 2.97. The molecule has 1 aromatic heterocycles. The second kappa shape index (κ2) is 6.66. The third-order valence-corrected chi connectivity index (χ3v) is 5.68. The van der Waals surface area contributed by atoms with E-state index in [0.717, 1.165) is 4.57 Å². The number of aliphatic hydroxyl groups is 1. The molecule has 0 spiro atoms. The molecule has 20 heavy (non-hydrogen) atoms. The Balaban J connectivity index is 2.43. The zero-order chi connectivity index (χ0) is 14.9. The Morgan fingerprint density at radius 2 is 2.35 bits per heavy atom. The Morgan fingerprint density at radius 1 is 1.65 bits per heavy atom. The topological polar surface area (TPSA) is 84.3 Å². The number of rotatable bonds is 3. The highest BCUT2D eigenvalue weighted by molar-refractivity contribution is 14.1. The summed E-state index contributed by atoms with van der Waals surface area (Å²) in [6.45, 7) is -0.451. The molecule has 1 aliphatic heterocycles. The first kappa shape index (κ1) is 16.1. The number of H-pyrrole nitrogens is 1. The average molecular weight is 508 g/mol. The molecule has 2 rings (SSSR count). The van der Waals surface area contributed by atoms with Gasteiger partial charge in [-0.2, -0.15) is 0 Å². The number of hydrogen-bond donors (Lipinski definition) is 2. The van der Waals surface area contributed by atoms with E-state index in [-0.39, 0.29) is 6.42 Å². The van der Waals surface area contributed by atoms with Crippen molar-refractivity contribution in [3.05, 3.63) is 36.7 Å². The Hall–Kier alpha value is -0.270. The molecular weight excluding hydrogens is 497 g/mol. The summed E-state index contributed by atoms with van der Waals surface area (Å²) in [5, 5.41) is 8.97. The lowest BCUT2D eigenvalue weighted by molar-refractivity contribution is -0.0356. The first-order valence-electron chi connectivity index (χ1n) is 5.70. The molecule has 3 unspecified atom stereocenters. The zero-order valence-corrected chi connectivity index (χ0v) is 14.4. The molecule has 1 saturated heterocycles. The molecule has 0 amide bonds. The minimum absolute atomic E-state index is 0.0405. The van der Waals surface area contributed by atoms with Gasteiger partial charge in [0.05, 0.1) is 12.2 Å². The van der Waals surface area contributed by atoms with Gasteiger partial charge in [0.1, 0.15) is 18.5 Å². The summed E-state index contributed by atoms with van der Waals surface area (Å²) in [4.78, 5) is 25.7. The Morgan fingerprint density at radius 3 is 2.90 bits per heavy atom. The number of aromatic nitrogens is 2. The van der Waals surface area contributed by atoms with Gasteiger partial charge in [-0.15, -0.1) is 0 Å². The van der Waals surface area contributed by atoms with Gasteiger partial charge in [-0.1, -0.05) is 22.6 Å². The first-order valence-corrected chi connectivity index (χ1v) is 8.02. The van der Waals surface area contributed by atoms with Crippen LogP contribution >= 0.6 is 45.2 Å². The Kier molecular flexibility index (Phi) is 5.36. The summed E-state index contributed by atoms with van der Waals surface area (Å²) in [7, 11) is 0. The van der Waals surface area contributed by atoms with Crippen molar-refractivity contribution in [3.63, 3.8) is 0 Å². The molecule has 1 aromatic rings. The number of aromatic amines is 1. The van der Waals surface area contributed by atoms with E-state index in [1.165, 1.54) is 6.20 Å². The highest BCUT2D eigenvalue weighted by Crippen LogP contribution is 2.30. The van der Waals surface area contributed by atoms with Gasteiger partial charge < -0.3 is 9.84 Å². The van der Waals surface area contributed by atoms with Crippen LogP contribution in [0.4, 0.5) is 4.39 Å². The van der Waals surface area contributed by atoms with Crippen LogP contribution in [0.15, 0.2) is 19.9 Å². The lowest BCUT2D eigenvalue weighted by Gasteiger charge is -2.15. The van der Waals surface area contributed by atoms with Gasteiger partial charge in [-0.3, -0.25) is 14.3 Å². The number of nitrogens with one attached hydrogen (secondary N) is 1. The second-order valence-corrected chi connectivity index (χ2v) is 6.01. The summed E-state index contributed by atoms with van der Waals surface area (Å²) in [5.74, 6) is 0. The molecule has 110 valence electrons. The van der Waals surface area contributed by atoms with Gasteiger partial charge in [0.15, 0.2) is 0 Å². The molecule has 9 heteroatoms. The van der Waals surface area contributed by atoms with Crippen LogP contribution in [0.1, 0.15) is 18.2 Å². The fourth-order valence-corrected chi connectivity index (χ4v) is 2.67. The van der Waals surface area contributed by atoms with E-state index >= 15 is 0 Å². The number of alkyl halides is 1. The summed E-state index contributed by atoms with van der Waals surface area (Å²) in [6, 6.07) is 0. The normalized spacial score (nSPS) is 27.0. The van der Waals surface area contributed by atoms with Crippen molar-refractivity contribution in [3.8, 4) is 0 Å². The van der Waals surface area contributed by atoms with Crippen LogP contribution < -0.4 is 11.2 Å². The predicted molar refractivity (Wildman–Crippen MR) is 87.8 cm³/mol. The number of ether oxygens (including phenoxy) is 1. The van der Waals surface area contributed by atoms with E-state index in [9.17, 15) is 14.0 Å². The maximum absolute atomic E-state index is 13.6. The Labute approximate surface area is 140 Å².